The van der Waals surface area contributed by atoms with E-state index >= 15 is 0 Å². The Labute approximate surface area is 88.4 Å². The highest BCUT2D eigenvalue weighted by Gasteiger charge is 2.12. The molecule has 0 saturated heterocycles. The molecule has 0 amide bonds. The van der Waals surface area contributed by atoms with Crippen LogP contribution >= 0.6 is 0 Å². The zero-order valence-corrected chi connectivity index (χ0v) is 10.8. The molecule has 0 aliphatic rings. The third-order valence-corrected chi connectivity index (χ3v) is 3.44. The van der Waals surface area contributed by atoms with Crippen molar-refractivity contribution in [2.24, 2.45) is 0 Å². The second-order valence-corrected chi connectivity index (χ2v) is 4.60. The average Bonchev–Trinajstić information content (AvgIpc) is 2.16. The first-order valence-corrected chi connectivity index (χ1v) is 6.63. The summed E-state index contributed by atoms with van der Waals surface area (Å²) in [5.74, 6) is -0.289. The molecule has 0 aromatic carbocycles. The lowest BCUT2D eigenvalue weighted by atomic mass is 10.3. The van der Waals surface area contributed by atoms with Crippen LogP contribution in [0, 0.1) is 0 Å². The highest BCUT2D eigenvalue weighted by Crippen LogP contribution is 2.07. The van der Waals surface area contributed by atoms with Crippen molar-refractivity contribution in [1.29, 1.82) is 0 Å². The van der Waals surface area contributed by atoms with Crippen LogP contribution in [0.1, 0.15) is 27.2 Å². The minimum Gasteiger partial charge on any atom is -0.459 e. The van der Waals surface area contributed by atoms with Crippen LogP contribution in [0.2, 0.25) is 6.04 Å². The molecular formula is C10H20O3Si. The van der Waals surface area contributed by atoms with Gasteiger partial charge in [0.1, 0.15) is 6.10 Å². The zero-order chi connectivity index (χ0) is 11.0. The third-order valence-electron chi connectivity index (χ3n) is 1.87. The summed E-state index contributed by atoms with van der Waals surface area (Å²) in [6.07, 6.45) is 0.858. The van der Waals surface area contributed by atoms with Gasteiger partial charge >= 0.3 is 5.97 Å². The fourth-order valence-electron chi connectivity index (χ4n) is 0.957. The number of rotatable bonds is 7. The van der Waals surface area contributed by atoms with Crippen LogP contribution in [-0.2, 0) is 14.0 Å². The van der Waals surface area contributed by atoms with E-state index in [0.29, 0.717) is 5.57 Å². The largest absolute Gasteiger partial charge is 0.459 e. The molecule has 0 aliphatic heterocycles. The lowest BCUT2D eigenvalue weighted by molar-refractivity contribution is -0.143. The third kappa shape index (κ3) is 5.94. The quantitative estimate of drug-likeness (QED) is 0.279. The predicted octanol–water partition coefficient (Wildman–Crippen LogP) is 1.42. The summed E-state index contributed by atoms with van der Waals surface area (Å²) < 4.78 is 10.6. The predicted molar refractivity (Wildman–Crippen MR) is 60.0 cm³/mol. The molecule has 0 aliphatic carbocycles. The Hall–Kier alpha value is -0.613. The van der Waals surface area contributed by atoms with Crippen LogP contribution < -0.4 is 0 Å². The second kappa shape index (κ2) is 7.76. The molecule has 0 heterocycles. The van der Waals surface area contributed by atoms with E-state index < -0.39 is 9.76 Å². The zero-order valence-electron chi connectivity index (χ0n) is 9.34. The molecule has 0 radical (unpaired) electrons. The van der Waals surface area contributed by atoms with E-state index in [-0.39, 0.29) is 12.1 Å². The molecule has 3 nitrogen and oxygen atoms in total. The number of carbonyl (C=O) groups is 1. The van der Waals surface area contributed by atoms with E-state index in [1.807, 2.05) is 13.8 Å². The summed E-state index contributed by atoms with van der Waals surface area (Å²) in [6.45, 7) is 9.96. The van der Waals surface area contributed by atoms with Crippen molar-refractivity contribution in [3.63, 3.8) is 0 Å². The number of hydrogen-bond donors (Lipinski definition) is 0. The van der Waals surface area contributed by atoms with E-state index in [4.69, 9.17) is 9.16 Å². The Morgan fingerprint density at radius 2 is 2.14 bits per heavy atom. The van der Waals surface area contributed by atoms with Crippen LogP contribution in [0.15, 0.2) is 12.2 Å². The van der Waals surface area contributed by atoms with Crippen molar-refractivity contribution in [2.75, 3.05) is 6.61 Å². The molecule has 0 saturated carbocycles. The maximum Gasteiger partial charge on any atom is 0.333 e. The topological polar surface area (TPSA) is 35.5 Å². The molecule has 1 unspecified atom stereocenters. The van der Waals surface area contributed by atoms with Crippen molar-refractivity contribution >= 4 is 15.7 Å². The van der Waals surface area contributed by atoms with Gasteiger partial charge in [-0.1, -0.05) is 13.5 Å². The molecule has 82 valence electrons. The van der Waals surface area contributed by atoms with Gasteiger partial charge in [-0.05, 0) is 26.3 Å². The van der Waals surface area contributed by atoms with E-state index in [9.17, 15) is 4.79 Å². The van der Waals surface area contributed by atoms with Gasteiger partial charge in [-0.25, -0.2) is 4.79 Å². The van der Waals surface area contributed by atoms with Crippen molar-refractivity contribution in [2.45, 2.75) is 39.3 Å². The van der Waals surface area contributed by atoms with Gasteiger partial charge in [0, 0.05) is 12.2 Å². The van der Waals surface area contributed by atoms with Gasteiger partial charge in [-0.3, -0.25) is 0 Å². The SMILES string of the molecule is C=C(C)C(=O)OC(CC)C[SiH2]OCC. The van der Waals surface area contributed by atoms with Gasteiger partial charge in [0.25, 0.3) is 0 Å². The molecule has 0 bridgehead atoms. The number of ether oxygens (including phenoxy) is 1. The molecule has 0 spiro atoms. The van der Waals surface area contributed by atoms with Crippen LogP contribution in [0.3, 0.4) is 0 Å². The fourth-order valence-corrected chi connectivity index (χ4v) is 2.20. The molecular weight excluding hydrogens is 196 g/mol. The van der Waals surface area contributed by atoms with Crippen molar-refractivity contribution < 1.29 is 14.0 Å². The number of carbonyl (C=O) groups excluding carboxylic acids is 1. The summed E-state index contributed by atoms with van der Waals surface area (Å²) >= 11 is 0. The van der Waals surface area contributed by atoms with Gasteiger partial charge in [0.15, 0.2) is 9.76 Å². The van der Waals surface area contributed by atoms with Gasteiger partial charge in [-0.15, -0.1) is 0 Å². The molecule has 0 aromatic rings. The van der Waals surface area contributed by atoms with Crippen LogP contribution in [0.5, 0.6) is 0 Å². The lowest BCUT2D eigenvalue weighted by Gasteiger charge is -2.15. The highest BCUT2D eigenvalue weighted by molar-refractivity contribution is 6.27. The van der Waals surface area contributed by atoms with Gasteiger partial charge in [0.05, 0.1) is 0 Å². The molecule has 0 rings (SSSR count). The fraction of sp³-hybridized carbons (Fsp3) is 0.700. The minimum absolute atomic E-state index is 0.0115. The Morgan fingerprint density at radius 1 is 1.50 bits per heavy atom. The first kappa shape index (κ1) is 13.4. The summed E-state index contributed by atoms with van der Waals surface area (Å²) in [5, 5.41) is 0. The lowest BCUT2D eigenvalue weighted by Crippen LogP contribution is -2.20. The van der Waals surface area contributed by atoms with Crippen molar-refractivity contribution in [3.05, 3.63) is 12.2 Å². The monoisotopic (exact) mass is 216 g/mol. The normalized spacial score (nSPS) is 13.1. The first-order valence-electron chi connectivity index (χ1n) is 5.06. The van der Waals surface area contributed by atoms with Gasteiger partial charge in [0.2, 0.25) is 0 Å². The molecule has 4 heteroatoms. The summed E-state index contributed by atoms with van der Waals surface area (Å²) in [5.41, 5.74) is 0.460. The Balaban J connectivity index is 3.78. The standard InChI is InChI=1S/C10H20O3Si/c1-5-9(7-14-12-6-2)13-10(11)8(3)4/h9H,3,5-7,14H2,1-2,4H3. The van der Waals surface area contributed by atoms with E-state index in [1.165, 1.54) is 0 Å². The Morgan fingerprint density at radius 3 is 2.57 bits per heavy atom. The van der Waals surface area contributed by atoms with E-state index in [2.05, 4.69) is 6.58 Å². The van der Waals surface area contributed by atoms with Crippen molar-refractivity contribution in [3.8, 4) is 0 Å². The van der Waals surface area contributed by atoms with Gasteiger partial charge in [-0.2, -0.15) is 0 Å². The summed E-state index contributed by atoms with van der Waals surface area (Å²) in [4.78, 5) is 11.2. The molecule has 14 heavy (non-hydrogen) atoms. The minimum atomic E-state index is -0.522. The Kier molecular flexibility index (Phi) is 7.42. The molecule has 0 N–H and O–H groups in total. The summed E-state index contributed by atoms with van der Waals surface area (Å²) in [7, 11) is -0.522. The van der Waals surface area contributed by atoms with Crippen LogP contribution in [0.25, 0.3) is 0 Å². The molecule has 0 aromatic heterocycles. The summed E-state index contributed by atoms with van der Waals surface area (Å²) in [6, 6.07) is 0.892. The number of esters is 1. The smallest absolute Gasteiger partial charge is 0.333 e. The van der Waals surface area contributed by atoms with Crippen LogP contribution in [0.4, 0.5) is 0 Å². The maximum absolute atomic E-state index is 11.2. The van der Waals surface area contributed by atoms with Crippen LogP contribution in [-0.4, -0.2) is 28.4 Å². The number of hydrogen-bond acceptors (Lipinski definition) is 3. The van der Waals surface area contributed by atoms with E-state index in [1.54, 1.807) is 6.92 Å². The first-order chi connectivity index (χ1) is 6.61. The van der Waals surface area contributed by atoms with Gasteiger partial charge < -0.3 is 9.16 Å². The highest BCUT2D eigenvalue weighted by atomic mass is 28.2. The maximum atomic E-state index is 11.2. The Bertz CT molecular complexity index is 192. The second-order valence-electron chi connectivity index (χ2n) is 3.20. The molecule has 0 fully saturated rings. The van der Waals surface area contributed by atoms with E-state index in [0.717, 1.165) is 19.1 Å². The van der Waals surface area contributed by atoms with Crippen molar-refractivity contribution in [1.82, 2.24) is 0 Å². The molecule has 1 atom stereocenters. The average molecular weight is 216 g/mol.